The van der Waals surface area contributed by atoms with E-state index in [1.54, 1.807) is 0 Å². The highest BCUT2D eigenvalue weighted by Gasteiger charge is 2.26. The number of halogens is 1. The summed E-state index contributed by atoms with van der Waals surface area (Å²) >= 11 is 5.62. The number of sulfonamides is 1. The van der Waals surface area contributed by atoms with E-state index >= 15 is 0 Å². The van der Waals surface area contributed by atoms with Crippen molar-refractivity contribution in [3.8, 4) is 0 Å². The lowest BCUT2D eigenvalue weighted by Gasteiger charge is -2.11. The van der Waals surface area contributed by atoms with Crippen LogP contribution >= 0.6 is 11.6 Å². The number of nitro groups is 1. The van der Waals surface area contributed by atoms with Crippen molar-refractivity contribution < 1.29 is 13.3 Å². The Morgan fingerprint density at radius 1 is 1.53 bits per heavy atom. The van der Waals surface area contributed by atoms with Crippen molar-refractivity contribution in [2.24, 2.45) is 5.73 Å². The first-order valence-corrected chi connectivity index (χ1v) is 7.33. The minimum Gasteiger partial charge on any atom is -0.327 e. The van der Waals surface area contributed by atoms with E-state index in [4.69, 9.17) is 17.3 Å². The minimum absolute atomic E-state index is 0.0125. The van der Waals surface area contributed by atoms with Crippen molar-refractivity contribution in [1.82, 2.24) is 4.72 Å². The van der Waals surface area contributed by atoms with Gasteiger partial charge in [-0.15, -0.1) is 0 Å². The van der Waals surface area contributed by atoms with E-state index in [2.05, 4.69) is 4.72 Å². The van der Waals surface area contributed by atoms with Crippen LogP contribution in [0.4, 0.5) is 5.69 Å². The number of nitrogens with one attached hydrogen (secondary N) is 1. The van der Waals surface area contributed by atoms with E-state index < -0.39 is 25.5 Å². The predicted molar refractivity (Wildman–Crippen MR) is 71.6 cm³/mol. The molecule has 0 bridgehead atoms. The van der Waals surface area contributed by atoms with Crippen LogP contribution in [0.2, 0.25) is 5.02 Å². The van der Waals surface area contributed by atoms with Crippen molar-refractivity contribution in [2.45, 2.75) is 24.3 Å². The number of benzene rings is 1. The molecule has 19 heavy (non-hydrogen) atoms. The fourth-order valence-electron chi connectivity index (χ4n) is 1.30. The Morgan fingerprint density at radius 3 is 2.68 bits per heavy atom. The maximum atomic E-state index is 12.0. The molecule has 0 heterocycles. The van der Waals surface area contributed by atoms with E-state index in [1.807, 2.05) is 6.92 Å². The van der Waals surface area contributed by atoms with Crippen LogP contribution < -0.4 is 10.5 Å². The van der Waals surface area contributed by atoms with Gasteiger partial charge in [-0.05, 0) is 18.6 Å². The molecule has 3 N–H and O–H groups in total. The van der Waals surface area contributed by atoms with Crippen LogP contribution in [0, 0.1) is 10.1 Å². The largest absolute Gasteiger partial charge is 0.327 e. The van der Waals surface area contributed by atoms with Gasteiger partial charge >= 0.3 is 0 Å². The van der Waals surface area contributed by atoms with Crippen LogP contribution in [0.1, 0.15) is 13.3 Å². The molecule has 0 radical (unpaired) electrons. The van der Waals surface area contributed by atoms with E-state index in [1.165, 1.54) is 6.07 Å². The fourth-order valence-corrected chi connectivity index (χ4v) is 2.71. The third-order valence-corrected chi connectivity index (χ3v) is 4.17. The van der Waals surface area contributed by atoms with Crippen LogP contribution in [-0.2, 0) is 10.0 Å². The average molecular weight is 308 g/mol. The molecule has 0 saturated heterocycles. The number of hydrogen-bond donors (Lipinski definition) is 2. The van der Waals surface area contributed by atoms with Gasteiger partial charge in [0.05, 0.1) is 4.92 Å². The molecule has 1 rings (SSSR count). The molecule has 106 valence electrons. The minimum atomic E-state index is -3.99. The standard InChI is InChI=1S/C10H14ClN3O4S/c1-2-8(12)6-13-19(17,18)10-4-3-7(11)5-9(10)14(15)16/h3-5,8,13H,2,6,12H2,1H3. The Hall–Kier alpha value is -1.22. The van der Waals surface area contributed by atoms with Gasteiger partial charge in [-0.25, -0.2) is 13.1 Å². The van der Waals surface area contributed by atoms with Crippen LogP contribution in [0.25, 0.3) is 0 Å². The molecule has 1 aromatic carbocycles. The summed E-state index contributed by atoms with van der Waals surface area (Å²) in [5, 5.41) is 10.9. The Labute approximate surface area is 115 Å². The highest BCUT2D eigenvalue weighted by Crippen LogP contribution is 2.26. The Bertz CT molecular complexity index is 576. The molecule has 1 unspecified atom stereocenters. The van der Waals surface area contributed by atoms with E-state index in [9.17, 15) is 18.5 Å². The number of hydrogen-bond acceptors (Lipinski definition) is 5. The summed E-state index contributed by atoms with van der Waals surface area (Å²) in [6.07, 6.45) is 0.589. The van der Waals surface area contributed by atoms with Gasteiger partial charge in [0.15, 0.2) is 4.90 Å². The molecular weight excluding hydrogens is 294 g/mol. The maximum Gasteiger partial charge on any atom is 0.290 e. The van der Waals surface area contributed by atoms with Gasteiger partial charge in [-0.3, -0.25) is 10.1 Å². The van der Waals surface area contributed by atoms with Gasteiger partial charge in [0, 0.05) is 23.7 Å². The number of nitrogens with two attached hydrogens (primary N) is 1. The van der Waals surface area contributed by atoms with Crippen LogP contribution in [0.5, 0.6) is 0 Å². The lowest BCUT2D eigenvalue weighted by molar-refractivity contribution is -0.387. The molecule has 0 aromatic heterocycles. The molecular formula is C10H14ClN3O4S. The molecule has 1 atom stereocenters. The van der Waals surface area contributed by atoms with E-state index in [0.717, 1.165) is 12.1 Å². The molecule has 7 nitrogen and oxygen atoms in total. The molecule has 0 saturated carbocycles. The van der Waals surface area contributed by atoms with Gasteiger partial charge in [-0.2, -0.15) is 0 Å². The number of nitro benzene ring substituents is 1. The smallest absolute Gasteiger partial charge is 0.290 e. The summed E-state index contributed by atoms with van der Waals surface area (Å²) in [7, 11) is -3.99. The molecule has 0 amide bonds. The molecule has 0 aliphatic heterocycles. The molecule has 9 heteroatoms. The second-order valence-corrected chi connectivity index (χ2v) is 6.06. The van der Waals surface area contributed by atoms with Gasteiger partial charge in [0.2, 0.25) is 10.0 Å². The zero-order valence-electron chi connectivity index (χ0n) is 10.2. The lowest BCUT2D eigenvalue weighted by Crippen LogP contribution is -2.36. The first-order valence-electron chi connectivity index (χ1n) is 5.47. The first kappa shape index (κ1) is 15.8. The first-order chi connectivity index (χ1) is 8.77. The lowest BCUT2D eigenvalue weighted by atomic mass is 10.2. The summed E-state index contributed by atoms with van der Waals surface area (Å²) in [4.78, 5) is 9.63. The third-order valence-electron chi connectivity index (χ3n) is 2.47. The van der Waals surface area contributed by atoms with Crippen LogP contribution in [-0.4, -0.2) is 25.9 Å². The van der Waals surface area contributed by atoms with E-state index in [0.29, 0.717) is 6.42 Å². The fraction of sp³-hybridized carbons (Fsp3) is 0.400. The topological polar surface area (TPSA) is 115 Å². The zero-order chi connectivity index (χ0) is 14.6. The van der Waals surface area contributed by atoms with E-state index in [-0.39, 0.29) is 17.6 Å². The highest BCUT2D eigenvalue weighted by atomic mass is 35.5. The summed E-state index contributed by atoms with van der Waals surface area (Å²) in [5.74, 6) is 0. The van der Waals surface area contributed by atoms with Crippen LogP contribution in [0.15, 0.2) is 23.1 Å². The summed E-state index contributed by atoms with van der Waals surface area (Å²) < 4.78 is 26.2. The molecule has 0 aliphatic carbocycles. The second kappa shape index (κ2) is 6.29. The highest BCUT2D eigenvalue weighted by molar-refractivity contribution is 7.89. The molecule has 0 spiro atoms. The van der Waals surface area contributed by atoms with Gasteiger partial charge < -0.3 is 5.73 Å². The summed E-state index contributed by atoms with van der Waals surface area (Å²) in [5.41, 5.74) is 5.03. The SMILES string of the molecule is CCC(N)CNS(=O)(=O)c1ccc(Cl)cc1[N+](=O)[O-]. The van der Waals surface area contributed by atoms with Crippen molar-refractivity contribution in [1.29, 1.82) is 0 Å². The van der Waals surface area contributed by atoms with Crippen molar-refractivity contribution in [2.75, 3.05) is 6.54 Å². The molecule has 0 fully saturated rings. The predicted octanol–water partition coefficient (Wildman–Crippen LogP) is 1.26. The second-order valence-electron chi connectivity index (χ2n) is 3.89. The number of rotatable bonds is 6. The molecule has 1 aromatic rings. The van der Waals surface area contributed by atoms with Crippen molar-refractivity contribution in [3.63, 3.8) is 0 Å². The summed E-state index contributed by atoms with van der Waals surface area (Å²) in [6.45, 7) is 1.82. The van der Waals surface area contributed by atoms with Gasteiger partial charge in [0.1, 0.15) is 0 Å². The molecule has 0 aliphatic rings. The summed E-state index contributed by atoms with van der Waals surface area (Å²) in [6, 6.07) is 3.03. The normalized spacial score (nSPS) is 13.2. The third kappa shape index (κ3) is 4.13. The van der Waals surface area contributed by atoms with Crippen molar-refractivity contribution >= 4 is 27.3 Å². The number of nitrogens with zero attached hydrogens (tertiary/aromatic N) is 1. The zero-order valence-corrected chi connectivity index (χ0v) is 11.7. The Kier molecular flexibility index (Phi) is 5.24. The maximum absolute atomic E-state index is 12.0. The monoisotopic (exact) mass is 307 g/mol. The van der Waals surface area contributed by atoms with Gasteiger partial charge in [0.25, 0.3) is 5.69 Å². The Morgan fingerprint density at radius 2 is 2.16 bits per heavy atom. The van der Waals surface area contributed by atoms with Gasteiger partial charge in [-0.1, -0.05) is 18.5 Å². The van der Waals surface area contributed by atoms with Crippen molar-refractivity contribution in [3.05, 3.63) is 33.3 Å². The quantitative estimate of drug-likeness (QED) is 0.606. The Balaban J connectivity index is 3.11. The average Bonchev–Trinajstić information content (AvgIpc) is 2.35. The van der Waals surface area contributed by atoms with Crippen LogP contribution in [0.3, 0.4) is 0 Å².